The average Bonchev–Trinajstić information content (AvgIpc) is 2.79. The normalized spacial score (nSPS) is 15.1. The van der Waals surface area contributed by atoms with Crippen molar-refractivity contribution in [3.05, 3.63) is 59.3 Å². The van der Waals surface area contributed by atoms with Crippen LogP contribution in [0.1, 0.15) is 16.7 Å². The number of alkyl halides is 2. The number of sulfonamides is 1. The number of hydrogen-bond donors (Lipinski definition) is 0. The smallest absolute Gasteiger partial charge is 0.387 e. The SMILES string of the molecule is Cc1ccc(S(=O)(=O)N2CCN(c3c(C#N)cnc4ccc(OC(F)F)cc34)CC2)cc1C. The molecule has 0 amide bonds. The van der Waals surface area contributed by atoms with Gasteiger partial charge in [0, 0.05) is 37.8 Å². The maximum atomic E-state index is 13.1. The molecule has 1 aromatic heterocycles. The summed E-state index contributed by atoms with van der Waals surface area (Å²) < 4.78 is 57.6. The highest BCUT2D eigenvalue weighted by Gasteiger charge is 2.30. The molecule has 0 bridgehead atoms. The summed E-state index contributed by atoms with van der Waals surface area (Å²) in [5.74, 6) is -0.0356. The number of anilines is 1. The minimum absolute atomic E-state index is 0.0356. The topological polar surface area (TPSA) is 86.5 Å². The van der Waals surface area contributed by atoms with Gasteiger partial charge in [-0.1, -0.05) is 6.07 Å². The molecule has 0 aliphatic carbocycles. The summed E-state index contributed by atoms with van der Waals surface area (Å²) in [4.78, 5) is 6.38. The van der Waals surface area contributed by atoms with Crippen LogP contribution in [0.3, 0.4) is 0 Å². The monoisotopic (exact) mass is 472 g/mol. The number of aryl methyl sites for hydroxylation is 2. The first-order chi connectivity index (χ1) is 15.7. The number of fused-ring (bicyclic) bond motifs is 1. The zero-order chi connectivity index (χ0) is 23.8. The summed E-state index contributed by atoms with van der Waals surface area (Å²) in [6.07, 6.45) is 1.43. The van der Waals surface area contributed by atoms with Gasteiger partial charge in [0.15, 0.2) is 0 Å². The number of aromatic nitrogens is 1. The first-order valence-electron chi connectivity index (χ1n) is 10.3. The summed E-state index contributed by atoms with van der Waals surface area (Å²) in [5, 5.41) is 10.1. The Morgan fingerprint density at radius 2 is 1.79 bits per heavy atom. The number of rotatable bonds is 5. The number of pyridine rings is 1. The van der Waals surface area contributed by atoms with Crippen molar-refractivity contribution in [1.29, 1.82) is 5.26 Å². The highest BCUT2D eigenvalue weighted by atomic mass is 32.2. The molecule has 0 N–H and O–H groups in total. The van der Waals surface area contributed by atoms with E-state index in [0.29, 0.717) is 29.7 Å². The predicted octanol–water partition coefficient (Wildman–Crippen LogP) is 3.84. The third kappa shape index (κ3) is 4.47. The van der Waals surface area contributed by atoms with Gasteiger partial charge in [-0.15, -0.1) is 0 Å². The number of hydrogen-bond acceptors (Lipinski definition) is 6. The van der Waals surface area contributed by atoms with Crippen molar-refractivity contribution < 1.29 is 21.9 Å². The van der Waals surface area contributed by atoms with Crippen LogP contribution in [0.2, 0.25) is 0 Å². The van der Waals surface area contributed by atoms with Crippen LogP contribution in [0.25, 0.3) is 10.9 Å². The van der Waals surface area contributed by atoms with E-state index < -0.39 is 16.6 Å². The molecule has 3 aromatic rings. The van der Waals surface area contributed by atoms with E-state index in [1.165, 1.54) is 22.6 Å². The highest BCUT2D eigenvalue weighted by Crippen LogP contribution is 2.33. The van der Waals surface area contributed by atoms with Crippen molar-refractivity contribution in [2.45, 2.75) is 25.4 Å². The van der Waals surface area contributed by atoms with E-state index in [2.05, 4.69) is 15.8 Å². The number of ether oxygens (including phenoxy) is 1. The van der Waals surface area contributed by atoms with Crippen LogP contribution in [-0.2, 0) is 10.0 Å². The van der Waals surface area contributed by atoms with Crippen molar-refractivity contribution in [3.63, 3.8) is 0 Å². The van der Waals surface area contributed by atoms with Crippen LogP contribution in [-0.4, -0.2) is 50.5 Å². The van der Waals surface area contributed by atoms with Crippen LogP contribution in [0.5, 0.6) is 5.75 Å². The molecule has 0 atom stereocenters. The third-order valence-corrected chi connectivity index (χ3v) is 7.72. The first-order valence-corrected chi connectivity index (χ1v) is 11.7. The minimum atomic E-state index is -3.66. The van der Waals surface area contributed by atoms with E-state index in [0.717, 1.165) is 11.1 Å². The van der Waals surface area contributed by atoms with Crippen molar-refractivity contribution in [1.82, 2.24) is 9.29 Å². The molecule has 33 heavy (non-hydrogen) atoms. The molecule has 0 spiro atoms. The lowest BCUT2D eigenvalue weighted by molar-refractivity contribution is -0.0497. The van der Waals surface area contributed by atoms with Crippen LogP contribution < -0.4 is 9.64 Å². The fourth-order valence-corrected chi connectivity index (χ4v) is 5.44. The molecule has 1 aliphatic rings. The molecule has 172 valence electrons. The second-order valence-corrected chi connectivity index (χ2v) is 9.76. The Labute approximate surface area is 190 Å². The fourth-order valence-electron chi connectivity index (χ4n) is 3.93. The quantitative estimate of drug-likeness (QED) is 0.561. The van der Waals surface area contributed by atoms with Gasteiger partial charge in [-0.25, -0.2) is 8.42 Å². The van der Waals surface area contributed by atoms with E-state index in [4.69, 9.17) is 0 Å². The van der Waals surface area contributed by atoms with E-state index in [9.17, 15) is 22.5 Å². The fraction of sp³-hybridized carbons (Fsp3) is 0.304. The van der Waals surface area contributed by atoms with Gasteiger partial charge in [-0.3, -0.25) is 4.98 Å². The zero-order valence-electron chi connectivity index (χ0n) is 18.1. The summed E-state index contributed by atoms with van der Waals surface area (Å²) in [5.41, 5.74) is 3.25. The van der Waals surface area contributed by atoms with Crippen molar-refractivity contribution in [2.24, 2.45) is 0 Å². The highest BCUT2D eigenvalue weighted by molar-refractivity contribution is 7.89. The molecule has 4 rings (SSSR count). The molecular formula is C23H22F2N4O3S. The number of halogens is 2. The number of piperazine rings is 1. The van der Waals surface area contributed by atoms with Gasteiger partial charge in [0.1, 0.15) is 11.8 Å². The summed E-state index contributed by atoms with van der Waals surface area (Å²) in [6, 6.07) is 11.6. The second-order valence-electron chi connectivity index (χ2n) is 7.83. The maximum Gasteiger partial charge on any atom is 0.387 e. The van der Waals surface area contributed by atoms with Gasteiger partial charge in [-0.2, -0.15) is 18.3 Å². The Bertz CT molecular complexity index is 1350. The van der Waals surface area contributed by atoms with Gasteiger partial charge in [-0.05, 0) is 55.3 Å². The lowest BCUT2D eigenvalue weighted by atomic mass is 10.1. The van der Waals surface area contributed by atoms with Crippen molar-refractivity contribution >= 4 is 26.6 Å². The second kappa shape index (κ2) is 8.92. The van der Waals surface area contributed by atoms with Gasteiger partial charge in [0.2, 0.25) is 10.0 Å². The third-order valence-electron chi connectivity index (χ3n) is 5.83. The average molecular weight is 473 g/mol. The van der Waals surface area contributed by atoms with Crippen LogP contribution in [0.15, 0.2) is 47.5 Å². The van der Waals surface area contributed by atoms with Gasteiger partial charge >= 0.3 is 6.61 Å². The molecule has 1 aliphatic heterocycles. The van der Waals surface area contributed by atoms with Crippen LogP contribution >= 0.6 is 0 Å². The molecule has 10 heteroatoms. The molecule has 2 heterocycles. The summed E-state index contributed by atoms with van der Waals surface area (Å²) >= 11 is 0. The first kappa shape index (κ1) is 22.9. The Kier molecular flexibility index (Phi) is 6.19. The lowest BCUT2D eigenvalue weighted by Crippen LogP contribution is -2.49. The predicted molar refractivity (Wildman–Crippen MR) is 120 cm³/mol. The Morgan fingerprint density at radius 3 is 2.42 bits per heavy atom. The molecule has 0 radical (unpaired) electrons. The molecular weight excluding hydrogens is 450 g/mol. The Morgan fingerprint density at radius 1 is 1.06 bits per heavy atom. The van der Waals surface area contributed by atoms with Crippen molar-refractivity contribution in [3.8, 4) is 11.8 Å². The largest absolute Gasteiger partial charge is 0.435 e. The standard InChI is InChI=1S/C23H22F2N4O3S/c1-15-3-5-19(11-16(15)2)33(30,31)29-9-7-28(8-10-29)22-17(13-26)14-27-21-6-4-18(12-20(21)22)32-23(24)25/h3-6,11-12,14,23H,7-10H2,1-2H3. The molecule has 1 saturated heterocycles. The van der Waals surface area contributed by atoms with Gasteiger partial charge in [0.25, 0.3) is 0 Å². The number of nitrogens with zero attached hydrogens (tertiary/aromatic N) is 4. The molecule has 2 aromatic carbocycles. The van der Waals surface area contributed by atoms with E-state index in [1.54, 1.807) is 24.3 Å². The van der Waals surface area contributed by atoms with Gasteiger partial charge in [0.05, 0.1) is 21.7 Å². The molecule has 1 fully saturated rings. The van der Waals surface area contributed by atoms with Gasteiger partial charge < -0.3 is 9.64 Å². The molecule has 7 nitrogen and oxygen atoms in total. The van der Waals surface area contributed by atoms with Crippen LogP contribution in [0.4, 0.5) is 14.5 Å². The molecule has 0 unspecified atom stereocenters. The maximum absolute atomic E-state index is 13.1. The molecule has 0 saturated carbocycles. The van der Waals surface area contributed by atoms with E-state index in [-0.39, 0.29) is 29.3 Å². The summed E-state index contributed by atoms with van der Waals surface area (Å²) in [6.45, 7) is 1.92. The lowest BCUT2D eigenvalue weighted by Gasteiger charge is -2.36. The summed E-state index contributed by atoms with van der Waals surface area (Å²) in [7, 11) is -3.66. The Balaban J connectivity index is 1.63. The number of benzene rings is 2. The zero-order valence-corrected chi connectivity index (χ0v) is 18.9. The van der Waals surface area contributed by atoms with Crippen molar-refractivity contribution in [2.75, 3.05) is 31.1 Å². The Hall–Kier alpha value is -3.29. The van der Waals surface area contributed by atoms with E-state index >= 15 is 0 Å². The minimum Gasteiger partial charge on any atom is -0.435 e. The van der Waals surface area contributed by atoms with Crippen LogP contribution in [0, 0.1) is 25.2 Å². The number of nitriles is 1. The van der Waals surface area contributed by atoms with E-state index in [1.807, 2.05) is 18.7 Å².